The predicted molar refractivity (Wildman–Crippen MR) is 118 cm³/mol. The Morgan fingerprint density at radius 1 is 1.19 bits per heavy atom. The molecule has 166 valence electrons. The van der Waals surface area contributed by atoms with Gasteiger partial charge in [-0.2, -0.15) is 0 Å². The highest BCUT2D eigenvalue weighted by atomic mass is 16.5. The highest BCUT2D eigenvalue weighted by Gasteiger charge is 2.54. The van der Waals surface area contributed by atoms with Gasteiger partial charge in [-0.15, -0.1) is 6.58 Å². The number of amides is 1. The lowest BCUT2D eigenvalue weighted by atomic mass is 9.85. The molecule has 1 aromatic rings. The monoisotopic (exact) mass is 424 g/mol. The molecule has 2 aliphatic heterocycles. The van der Waals surface area contributed by atoms with Crippen LogP contribution in [0.3, 0.4) is 0 Å². The fraction of sp³-hybridized carbons (Fsp3) is 0.520. The predicted octanol–water partition coefficient (Wildman–Crippen LogP) is 3.16. The first-order chi connectivity index (χ1) is 15.1. The molecule has 2 bridgehead atoms. The second kappa shape index (κ2) is 9.79. The van der Waals surface area contributed by atoms with Crippen LogP contribution in [0.25, 0.3) is 0 Å². The van der Waals surface area contributed by atoms with Crippen molar-refractivity contribution in [3.63, 3.8) is 0 Å². The van der Waals surface area contributed by atoms with E-state index < -0.39 is 12.0 Å². The van der Waals surface area contributed by atoms with Gasteiger partial charge < -0.3 is 14.8 Å². The van der Waals surface area contributed by atoms with Crippen LogP contribution in [0.2, 0.25) is 0 Å². The molecular weight excluding hydrogens is 392 g/mol. The minimum absolute atomic E-state index is 0.0321. The van der Waals surface area contributed by atoms with Crippen molar-refractivity contribution in [2.45, 2.75) is 62.4 Å². The first kappa shape index (κ1) is 21.8. The molecule has 6 nitrogen and oxygen atoms in total. The minimum Gasteiger partial charge on any atom is -0.469 e. The number of methoxy groups -OCH3 is 1. The molecule has 0 aromatic heterocycles. The first-order valence-electron chi connectivity index (χ1n) is 11.3. The van der Waals surface area contributed by atoms with Crippen molar-refractivity contribution < 1.29 is 19.1 Å². The molecule has 5 atom stereocenters. The van der Waals surface area contributed by atoms with Crippen LogP contribution in [0.4, 0.5) is 0 Å². The summed E-state index contributed by atoms with van der Waals surface area (Å²) in [5.41, 5.74) is 0.896. The number of rotatable bonds is 8. The van der Waals surface area contributed by atoms with E-state index in [1.54, 1.807) is 6.08 Å². The van der Waals surface area contributed by atoms with E-state index in [0.717, 1.165) is 31.2 Å². The van der Waals surface area contributed by atoms with Crippen molar-refractivity contribution in [2.75, 3.05) is 13.7 Å². The molecule has 1 saturated carbocycles. The van der Waals surface area contributed by atoms with Crippen LogP contribution in [0.5, 0.6) is 0 Å². The van der Waals surface area contributed by atoms with Crippen LogP contribution in [-0.2, 0) is 19.1 Å². The smallest absolute Gasteiger partial charge is 0.313 e. The standard InChI is InChI=1S/C25H32N2O4/c1-3-16-27(23-20-15-14-19(31-20)21(23)25(29)30-2)22(17-10-6-4-7-11-17)24(28)26-18-12-8-5-9-13-18/h3-4,6-7,10-11,14-15,18-23H,1,5,8-9,12-13,16H2,2H3,(H,26,28)/t19-,20+,21-,22-,23-/m1/s1. The van der Waals surface area contributed by atoms with E-state index in [9.17, 15) is 9.59 Å². The van der Waals surface area contributed by atoms with Gasteiger partial charge in [-0.25, -0.2) is 0 Å². The van der Waals surface area contributed by atoms with Gasteiger partial charge in [-0.05, 0) is 18.4 Å². The maximum absolute atomic E-state index is 13.7. The SMILES string of the molecule is C=CCN([C@H]1[C@H](C(=O)OC)[C@H]2C=C[C@@H]1O2)[C@@H](C(=O)NC1CCCCC1)c1ccccc1. The Morgan fingerprint density at radius 3 is 2.58 bits per heavy atom. The molecule has 3 aliphatic rings. The van der Waals surface area contributed by atoms with E-state index >= 15 is 0 Å². The Labute approximate surface area is 184 Å². The molecule has 2 heterocycles. The highest BCUT2D eigenvalue weighted by Crippen LogP contribution is 2.41. The molecule has 0 spiro atoms. The summed E-state index contributed by atoms with van der Waals surface area (Å²) >= 11 is 0. The summed E-state index contributed by atoms with van der Waals surface area (Å²) in [5.74, 6) is -0.820. The fourth-order valence-electron chi connectivity index (χ4n) is 5.30. The van der Waals surface area contributed by atoms with Crippen molar-refractivity contribution in [1.29, 1.82) is 0 Å². The fourth-order valence-corrected chi connectivity index (χ4v) is 5.30. The average Bonchev–Trinajstić information content (AvgIpc) is 3.41. The first-order valence-corrected chi connectivity index (χ1v) is 11.3. The number of carbonyl (C=O) groups is 2. The van der Waals surface area contributed by atoms with Crippen LogP contribution in [0.1, 0.15) is 43.7 Å². The molecule has 1 N–H and O–H groups in total. The maximum atomic E-state index is 13.7. The number of benzene rings is 1. The van der Waals surface area contributed by atoms with E-state index in [1.807, 2.05) is 42.5 Å². The van der Waals surface area contributed by atoms with Gasteiger partial charge in [0.2, 0.25) is 5.91 Å². The van der Waals surface area contributed by atoms with E-state index in [-0.39, 0.29) is 36.2 Å². The summed E-state index contributed by atoms with van der Waals surface area (Å²) in [4.78, 5) is 28.4. The number of fused-ring (bicyclic) bond motifs is 2. The topological polar surface area (TPSA) is 67.9 Å². The molecule has 1 amide bonds. The third kappa shape index (κ3) is 4.46. The zero-order valence-corrected chi connectivity index (χ0v) is 18.1. The maximum Gasteiger partial charge on any atom is 0.313 e. The van der Waals surface area contributed by atoms with E-state index in [2.05, 4.69) is 16.8 Å². The summed E-state index contributed by atoms with van der Waals surface area (Å²) in [6.45, 7) is 4.38. The zero-order chi connectivity index (χ0) is 21.8. The molecule has 0 unspecified atom stereocenters. The second-order valence-corrected chi connectivity index (χ2v) is 8.63. The molecule has 1 aromatic carbocycles. The van der Waals surface area contributed by atoms with Crippen LogP contribution in [0, 0.1) is 5.92 Å². The lowest BCUT2D eigenvalue weighted by molar-refractivity contribution is -0.149. The summed E-state index contributed by atoms with van der Waals surface area (Å²) in [5, 5.41) is 3.29. The van der Waals surface area contributed by atoms with Gasteiger partial charge in [0.1, 0.15) is 12.0 Å². The van der Waals surface area contributed by atoms with E-state index in [0.29, 0.717) is 6.54 Å². The summed E-state index contributed by atoms with van der Waals surface area (Å²) in [6, 6.07) is 9.12. The number of carbonyl (C=O) groups excluding carboxylic acids is 2. The van der Waals surface area contributed by atoms with Crippen LogP contribution < -0.4 is 5.32 Å². The molecular formula is C25H32N2O4. The number of ether oxygens (including phenoxy) is 2. The largest absolute Gasteiger partial charge is 0.469 e. The second-order valence-electron chi connectivity index (χ2n) is 8.63. The van der Waals surface area contributed by atoms with Gasteiger partial charge in [0.25, 0.3) is 0 Å². The number of hydrogen-bond donors (Lipinski definition) is 1. The molecule has 2 fully saturated rings. The molecule has 6 heteroatoms. The van der Waals surface area contributed by atoms with Gasteiger partial charge >= 0.3 is 5.97 Å². The third-order valence-electron chi connectivity index (χ3n) is 6.71. The lowest BCUT2D eigenvalue weighted by Gasteiger charge is -2.40. The molecule has 4 rings (SSSR count). The van der Waals surface area contributed by atoms with Crippen molar-refractivity contribution in [3.05, 3.63) is 60.7 Å². The van der Waals surface area contributed by atoms with Crippen LogP contribution in [-0.4, -0.2) is 54.7 Å². The Balaban J connectivity index is 1.68. The summed E-state index contributed by atoms with van der Waals surface area (Å²) in [6.07, 6.45) is 10.7. The van der Waals surface area contributed by atoms with Gasteiger partial charge in [0.15, 0.2) is 0 Å². The van der Waals surface area contributed by atoms with Crippen molar-refractivity contribution in [2.24, 2.45) is 5.92 Å². The average molecular weight is 425 g/mol. The number of esters is 1. The van der Waals surface area contributed by atoms with Crippen molar-refractivity contribution in [3.8, 4) is 0 Å². The van der Waals surface area contributed by atoms with Crippen molar-refractivity contribution >= 4 is 11.9 Å². The Morgan fingerprint density at radius 2 is 1.90 bits per heavy atom. The van der Waals surface area contributed by atoms with Crippen LogP contribution >= 0.6 is 0 Å². The lowest BCUT2D eigenvalue weighted by Crippen LogP contribution is -2.54. The van der Waals surface area contributed by atoms with Gasteiger partial charge in [-0.1, -0.05) is 67.8 Å². The number of nitrogens with one attached hydrogen (secondary N) is 1. The van der Waals surface area contributed by atoms with Gasteiger partial charge in [0.05, 0.1) is 25.4 Å². The quantitative estimate of drug-likeness (QED) is 0.513. The van der Waals surface area contributed by atoms with Crippen molar-refractivity contribution in [1.82, 2.24) is 10.2 Å². The summed E-state index contributed by atoms with van der Waals surface area (Å²) in [7, 11) is 1.40. The Bertz CT molecular complexity index is 818. The van der Waals surface area contributed by atoms with E-state index in [4.69, 9.17) is 9.47 Å². The number of hydrogen-bond acceptors (Lipinski definition) is 5. The number of nitrogens with zero attached hydrogens (tertiary/aromatic N) is 1. The molecule has 0 radical (unpaired) electrons. The Kier molecular flexibility index (Phi) is 6.88. The third-order valence-corrected chi connectivity index (χ3v) is 6.71. The molecule has 31 heavy (non-hydrogen) atoms. The van der Waals surface area contributed by atoms with Gasteiger partial charge in [-0.3, -0.25) is 14.5 Å². The zero-order valence-electron chi connectivity index (χ0n) is 18.1. The highest BCUT2D eigenvalue weighted by molar-refractivity contribution is 5.84. The van der Waals surface area contributed by atoms with Gasteiger partial charge in [0, 0.05) is 12.6 Å². The Hall–Kier alpha value is -2.44. The molecule has 1 aliphatic carbocycles. The van der Waals surface area contributed by atoms with E-state index in [1.165, 1.54) is 13.5 Å². The molecule has 1 saturated heterocycles. The van der Waals surface area contributed by atoms with Crippen LogP contribution in [0.15, 0.2) is 55.1 Å². The summed E-state index contributed by atoms with van der Waals surface area (Å²) < 4.78 is 11.2. The normalized spacial score (nSPS) is 28.5. The minimum atomic E-state index is -0.547.